The summed E-state index contributed by atoms with van der Waals surface area (Å²) in [4.78, 5) is 4.88. The zero-order valence-corrected chi connectivity index (χ0v) is 24.6. The molecular weight excluding hydrogens is 504 g/mol. The molecule has 2 saturated heterocycles. The normalized spacial score (nSPS) is 22.0. The Morgan fingerprint density at radius 1 is 0.600 bits per heavy atom. The van der Waals surface area contributed by atoms with E-state index >= 15 is 0 Å². The van der Waals surface area contributed by atoms with E-state index in [1.54, 1.807) is 0 Å². The van der Waals surface area contributed by atoms with Gasteiger partial charge in [0.05, 0.1) is 25.3 Å². The number of rotatable bonds is 10. The highest BCUT2D eigenvalue weighted by Gasteiger charge is 2.18. The predicted molar refractivity (Wildman–Crippen MR) is 157 cm³/mol. The number of ether oxygens (including phenoxy) is 3. The summed E-state index contributed by atoms with van der Waals surface area (Å²) in [6, 6.07) is 5.20. The van der Waals surface area contributed by atoms with E-state index in [9.17, 15) is 0 Å². The first-order valence-electron chi connectivity index (χ1n) is 16.2. The van der Waals surface area contributed by atoms with E-state index in [2.05, 4.69) is 41.8 Å². The van der Waals surface area contributed by atoms with Gasteiger partial charge in [-0.3, -0.25) is 19.2 Å². The maximum absolute atomic E-state index is 5.81. The molecule has 4 heterocycles. The van der Waals surface area contributed by atoms with Crippen molar-refractivity contribution in [2.75, 3.05) is 65.7 Å². The second-order valence-electron chi connectivity index (χ2n) is 11.9. The van der Waals surface area contributed by atoms with Crippen LogP contribution in [0.4, 0.5) is 0 Å². The van der Waals surface area contributed by atoms with Crippen LogP contribution in [0.15, 0.2) is 24.5 Å². The van der Waals surface area contributed by atoms with E-state index in [0.29, 0.717) is 18.7 Å². The Hall–Kier alpha value is -2.10. The number of nitrogens with zero attached hydrogens (tertiary/aromatic N) is 6. The molecule has 40 heavy (non-hydrogen) atoms. The second-order valence-corrected chi connectivity index (χ2v) is 11.9. The van der Waals surface area contributed by atoms with Crippen molar-refractivity contribution in [1.82, 2.24) is 29.4 Å². The Labute approximate surface area is 241 Å². The molecular formula is C31H52N6O3. The first-order chi connectivity index (χ1) is 19.8. The molecule has 4 aliphatic rings. The van der Waals surface area contributed by atoms with Crippen molar-refractivity contribution < 1.29 is 14.2 Å². The lowest BCUT2D eigenvalue weighted by Gasteiger charge is -2.26. The Morgan fingerprint density at radius 3 is 1.55 bits per heavy atom. The average Bonchev–Trinajstić information content (AvgIpc) is 3.70. The van der Waals surface area contributed by atoms with Crippen molar-refractivity contribution >= 4 is 0 Å². The van der Waals surface area contributed by atoms with Crippen LogP contribution < -0.4 is 9.47 Å². The van der Waals surface area contributed by atoms with E-state index in [4.69, 9.17) is 14.2 Å². The molecule has 0 radical (unpaired) electrons. The lowest BCUT2D eigenvalue weighted by Crippen LogP contribution is -2.38. The van der Waals surface area contributed by atoms with Gasteiger partial charge < -0.3 is 14.2 Å². The standard InChI is InChI=1S/C16H27N3O.C15H25N3O2/c1-3-7-15(8-4-1)19-12-9-16(17-19)20-14-13-18-10-5-2-6-11-18;1-2-4-14(5-3-1)18-7-6-15(16-18)20-13-10-17-8-11-19-12-9-17/h9,12,15H,1-8,10-11,13-14H2;6-7,14H,1-5,8-13H2. The summed E-state index contributed by atoms with van der Waals surface area (Å²) in [7, 11) is 0. The Bertz CT molecular complexity index is 864. The molecule has 0 unspecified atom stereocenters. The van der Waals surface area contributed by atoms with Crippen LogP contribution in [0, 0.1) is 0 Å². The first-order valence-corrected chi connectivity index (χ1v) is 16.2. The molecule has 2 aromatic rings. The first kappa shape index (κ1) is 29.4. The zero-order chi connectivity index (χ0) is 27.2. The van der Waals surface area contributed by atoms with Gasteiger partial charge in [-0.25, -0.2) is 0 Å². The number of aromatic nitrogens is 4. The number of hydrogen-bond acceptors (Lipinski definition) is 7. The van der Waals surface area contributed by atoms with Gasteiger partial charge in [0.25, 0.3) is 0 Å². The molecule has 9 nitrogen and oxygen atoms in total. The maximum atomic E-state index is 5.81. The third kappa shape index (κ3) is 9.48. The number of piperidine rings is 1. The number of hydrogen-bond donors (Lipinski definition) is 0. The van der Waals surface area contributed by atoms with Crippen molar-refractivity contribution in [1.29, 1.82) is 0 Å². The van der Waals surface area contributed by atoms with Crippen LogP contribution in [0.2, 0.25) is 0 Å². The van der Waals surface area contributed by atoms with Gasteiger partial charge >= 0.3 is 0 Å². The summed E-state index contributed by atoms with van der Waals surface area (Å²) in [5.74, 6) is 1.57. The van der Waals surface area contributed by atoms with Crippen molar-refractivity contribution in [3.05, 3.63) is 24.5 Å². The molecule has 0 N–H and O–H groups in total. The fourth-order valence-corrected chi connectivity index (χ4v) is 6.46. The summed E-state index contributed by atoms with van der Waals surface area (Å²) in [5.41, 5.74) is 0. The van der Waals surface area contributed by atoms with Gasteiger partial charge in [0.2, 0.25) is 11.8 Å². The molecule has 2 aliphatic carbocycles. The van der Waals surface area contributed by atoms with Crippen LogP contribution in [-0.2, 0) is 4.74 Å². The highest BCUT2D eigenvalue weighted by Crippen LogP contribution is 2.29. The minimum Gasteiger partial charge on any atom is -0.475 e. The summed E-state index contributed by atoms with van der Waals surface area (Å²) in [6.07, 6.45) is 21.4. The molecule has 0 spiro atoms. The quantitative estimate of drug-likeness (QED) is 0.391. The number of likely N-dealkylation sites (tertiary alicyclic amines) is 1. The van der Waals surface area contributed by atoms with Crippen molar-refractivity contribution in [2.24, 2.45) is 0 Å². The lowest BCUT2D eigenvalue weighted by molar-refractivity contribution is 0.0319. The Kier molecular flexibility index (Phi) is 12.0. The SMILES string of the molecule is c1cn(C2CCCCC2)nc1OCCN1CCCCC1.c1cn(C2CCCCC2)nc1OCCN1CCOCC1. The summed E-state index contributed by atoms with van der Waals surface area (Å²) < 4.78 is 21.1. The predicted octanol–water partition coefficient (Wildman–Crippen LogP) is 5.35. The fraction of sp³-hybridized carbons (Fsp3) is 0.806. The molecule has 2 aliphatic heterocycles. The molecule has 0 atom stereocenters. The second kappa shape index (κ2) is 16.4. The van der Waals surface area contributed by atoms with Crippen LogP contribution in [0.5, 0.6) is 11.8 Å². The summed E-state index contributed by atoms with van der Waals surface area (Å²) in [6.45, 7) is 9.66. The van der Waals surface area contributed by atoms with Gasteiger partial charge in [-0.05, 0) is 51.6 Å². The van der Waals surface area contributed by atoms with Crippen LogP contribution in [-0.4, -0.2) is 95.1 Å². The van der Waals surface area contributed by atoms with E-state index in [0.717, 1.165) is 57.8 Å². The van der Waals surface area contributed by atoms with Crippen LogP contribution in [0.3, 0.4) is 0 Å². The highest BCUT2D eigenvalue weighted by molar-refractivity contribution is 5.07. The van der Waals surface area contributed by atoms with Crippen molar-refractivity contribution in [3.63, 3.8) is 0 Å². The minimum atomic E-state index is 0.584. The molecule has 4 fully saturated rings. The largest absolute Gasteiger partial charge is 0.475 e. The van der Waals surface area contributed by atoms with Crippen molar-refractivity contribution in [3.8, 4) is 11.8 Å². The van der Waals surface area contributed by atoms with E-state index in [-0.39, 0.29) is 0 Å². The third-order valence-corrected chi connectivity index (χ3v) is 8.93. The maximum Gasteiger partial charge on any atom is 0.232 e. The summed E-state index contributed by atoms with van der Waals surface area (Å²) >= 11 is 0. The van der Waals surface area contributed by atoms with Gasteiger partial charge in [0.1, 0.15) is 13.2 Å². The van der Waals surface area contributed by atoms with Gasteiger partial charge in [-0.2, -0.15) is 0 Å². The average molecular weight is 557 g/mol. The van der Waals surface area contributed by atoms with E-state index in [1.165, 1.54) is 96.6 Å². The molecule has 9 heteroatoms. The van der Waals surface area contributed by atoms with E-state index in [1.807, 2.05) is 12.1 Å². The van der Waals surface area contributed by atoms with Gasteiger partial charge in [-0.1, -0.05) is 44.9 Å². The van der Waals surface area contributed by atoms with Crippen molar-refractivity contribution in [2.45, 2.75) is 95.6 Å². The van der Waals surface area contributed by atoms with Crippen LogP contribution in [0.1, 0.15) is 95.6 Å². The Morgan fingerprint density at radius 2 is 1.05 bits per heavy atom. The highest BCUT2D eigenvalue weighted by atomic mass is 16.5. The fourth-order valence-electron chi connectivity index (χ4n) is 6.46. The molecule has 6 rings (SSSR count). The molecule has 0 bridgehead atoms. The van der Waals surface area contributed by atoms with Gasteiger partial charge in [0.15, 0.2) is 0 Å². The third-order valence-electron chi connectivity index (χ3n) is 8.93. The lowest BCUT2D eigenvalue weighted by atomic mass is 9.96. The van der Waals surface area contributed by atoms with Crippen LogP contribution >= 0.6 is 0 Å². The monoisotopic (exact) mass is 556 g/mol. The molecule has 2 saturated carbocycles. The molecule has 2 aromatic heterocycles. The molecule has 224 valence electrons. The van der Waals surface area contributed by atoms with Gasteiger partial charge in [0, 0.05) is 50.7 Å². The Balaban J connectivity index is 0.000000161. The number of morpholine rings is 1. The minimum absolute atomic E-state index is 0.584. The summed E-state index contributed by atoms with van der Waals surface area (Å²) in [5, 5.41) is 9.16. The van der Waals surface area contributed by atoms with Crippen LogP contribution in [0.25, 0.3) is 0 Å². The van der Waals surface area contributed by atoms with E-state index < -0.39 is 0 Å². The molecule has 0 amide bonds. The van der Waals surface area contributed by atoms with Gasteiger partial charge in [-0.15, -0.1) is 10.2 Å². The topological polar surface area (TPSA) is 69.8 Å². The zero-order valence-electron chi connectivity index (χ0n) is 24.6. The smallest absolute Gasteiger partial charge is 0.232 e. The molecule has 0 aromatic carbocycles.